The third kappa shape index (κ3) is 7.21. The van der Waals surface area contributed by atoms with Crippen molar-refractivity contribution in [2.45, 2.75) is 39.8 Å². The number of methoxy groups -OCH3 is 1. The van der Waals surface area contributed by atoms with Crippen molar-refractivity contribution >= 4 is 27.5 Å². The first-order valence-corrected chi connectivity index (χ1v) is 12.7. The predicted molar refractivity (Wildman–Crippen MR) is 130 cm³/mol. The molecule has 0 spiro atoms. The smallest absolute Gasteiger partial charge is 0.244 e. The molecule has 0 aromatic heterocycles. The number of anilines is 1. The molecule has 1 atom stereocenters. The number of nitrogens with zero attached hydrogens (tertiary/aromatic N) is 2. The van der Waals surface area contributed by atoms with Crippen molar-refractivity contribution in [3.05, 3.63) is 59.7 Å². The number of aryl methyl sites for hydroxylation is 1. The van der Waals surface area contributed by atoms with Crippen molar-refractivity contribution in [3.8, 4) is 5.75 Å². The predicted octanol–water partition coefficient (Wildman–Crippen LogP) is 2.71. The number of carbonyl (C=O) groups excluding carboxylic acids is 2. The highest BCUT2D eigenvalue weighted by Crippen LogP contribution is 2.24. The summed E-state index contributed by atoms with van der Waals surface area (Å²) in [6, 6.07) is 13.4. The summed E-state index contributed by atoms with van der Waals surface area (Å²) in [7, 11) is -2.30. The molecule has 0 radical (unpaired) electrons. The van der Waals surface area contributed by atoms with Gasteiger partial charge in [-0.3, -0.25) is 13.9 Å². The number of hydrogen-bond acceptors (Lipinski definition) is 5. The summed E-state index contributed by atoms with van der Waals surface area (Å²) in [5.41, 5.74) is 2.24. The Labute approximate surface area is 196 Å². The molecule has 0 bridgehead atoms. The zero-order valence-electron chi connectivity index (χ0n) is 19.9. The summed E-state index contributed by atoms with van der Waals surface area (Å²) in [5.74, 6) is -0.270. The van der Waals surface area contributed by atoms with Crippen molar-refractivity contribution < 1.29 is 22.7 Å². The molecule has 0 fully saturated rings. The topological polar surface area (TPSA) is 96.0 Å². The Balaban J connectivity index is 2.43. The molecule has 0 aliphatic heterocycles. The number of amides is 2. The Morgan fingerprint density at radius 1 is 1.09 bits per heavy atom. The fourth-order valence-corrected chi connectivity index (χ4v) is 4.32. The number of carbonyl (C=O) groups is 2. The summed E-state index contributed by atoms with van der Waals surface area (Å²) in [6.45, 7) is 5.78. The molecule has 2 amide bonds. The van der Waals surface area contributed by atoms with E-state index in [4.69, 9.17) is 4.74 Å². The molecule has 0 unspecified atom stereocenters. The monoisotopic (exact) mass is 475 g/mol. The van der Waals surface area contributed by atoms with Crippen molar-refractivity contribution in [1.29, 1.82) is 0 Å². The quantitative estimate of drug-likeness (QED) is 0.539. The highest BCUT2D eigenvalue weighted by Gasteiger charge is 2.31. The van der Waals surface area contributed by atoms with Crippen LogP contribution in [0.3, 0.4) is 0 Å². The lowest BCUT2D eigenvalue weighted by Crippen LogP contribution is -2.52. The van der Waals surface area contributed by atoms with E-state index >= 15 is 0 Å². The second kappa shape index (κ2) is 11.7. The zero-order valence-corrected chi connectivity index (χ0v) is 20.7. The van der Waals surface area contributed by atoms with Crippen LogP contribution in [-0.2, 0) is 26.2 Å². The number of sulfonamides is 1. The van der Waals surface area contributed by atoms with Gasteiger partial charge in [0.1, 0.15) is 18.3 Å². The summed E-state index contributed by atoms with van der Waals surface area (Å²) >= 11 is 0. The van der Waals surface area contributed by atoms with Gasteiger partial charge in [0.2, 0.25) is 21.8 Å². The second-order valence-corrected chi connectivity index (χ2v) is 9.70. The SMILES string of the molecule is CCNC(=O)[C@@H](CC)N(Cc1ccc(C)cc1)C(=O)CN(c1cccc(OC)c1)S(C)(=O)=O. The van der Waals surface area contributed by atoms with Gasteiger partial charge >= 0.3 is 0 Å². The summed E-state index contributed by atoms with van der Waals surface area (Å²) in [6.07, 6.45) is 1.44. The van der Waals surface area contributed by atoms with E-state index in [1.807, 2.05) is 45.0 Å². The lowest BCUT2D eigenvalue weighted by Gasteiger charge is -2.32. The van der Waals surface area contributed by atoms with Gasteiger partial charge in [-0.05, 0) is 38.0 Å². The van der Waals surface area contributed by atoms with E-state index in [-0.39, 0.29) is 12.5 Å². The fraction of sp³-hybridized carbons (Fsp3) is 0.417. The van der Waals surface area contributed by atoms with Gasteiger partial charge in [0, 0.05) is 19.2 Å². The lowest BCUT2D eigenvalue weighted by atomic mass is 10.1. The van der Waals surface area contributed by atoms with Crippen molar-refractivity contribution in [2.75, 3.05) is 30.8 Å². The highest BCUT2D eigenvalue weighted by molar-refractivity contribution is 7.92. The molecule has 0 saturated carbocycles. The Morgan fingerprint density at radius 2 is 1.76 bits per heavy atom. The molecule has 0 saturated heterocycles. The maximum atomic E-state index is 13.5. The Kier molecular flexibility index (Phi) is 9.28. The highest BCUT2D eigenvalue weighted by atomic mass is 32.2. The van der Waals surface area contributed by atoms with Crippen LogP contribution in [0.1, 0.15) is 31.4 Å². The molecule has 2 rings (SSSR count). The van der Waals surface area contributed by atoms with Crippen LogP contribution in [0.15, 0.2) is 48.5 Å². The van der Waals surface area contributed by atoms with E-state index in [2.05, 4.69) is 5.32 Å². The average Bonchev–Trinajstić information content (AvgIpc) is 2.78. The van der Waals surface area contributed by atoms with E-state index in [0.29, 0.717) is 24.4 Å². The second-order valence-electron chi connectivity index (χ2n) is 7.80. The molecule has 1 N–H and O–H groups in total. The van der Waals surface area contributed by atoms with Crippen LogP contribution in [0.25, 0.3) is 0 Å². The number of benzene rings is 2. The molecule has 0 aliphatic carbocycles. The van der Waals surface area contributed by atoms with Crippen molar-refractivity contribution in [3.63, 3.8) is 0 Å². The Hall–Kier alpha value is -3.07. The minimum absolute atomic E-state index is 0.185. The molecule has 0 heterocycles. The van der Waals surface area contributed by atoms with Gasteiger partial charge in [0.15, 0.2) is 0 Å². The molecule has 0 aliphatic rings. The van der Waals surface area contributed by atoms with Gasteiger partial charge in [-0.25, -0.2) is 8.42 Å². The molecule has 2 aromatic carbocycles. The first-order chi connectivity index (χ1) is 15.6. The molecule has 8 nitrogen and oxygen atoms in total. The molecular weight excluding hydrogens is 442 g/mol. The number of likely N-dealkylation sites (N-methyl/N-ethyl adjacent to an activating group) is 1. The standard InChI is InChI=1S/C24H33N3O5S/c1-6-22(24(29)25-7-2)26(16-19-13-11-18(3)12-14-19)23(28)17-27(33(5,30)31)20-9-8-10-21(15-20)32-4/h8-15,22H,6-7,16-17H2,1-5H3,(H,25,29)/t22-/m1/s1. The first kappa shape index (κ1) is 26.2. The number of hydrogen-bond donors (Lipinski definition) is 1. The maximum Gasteiger partial charge on any atom is 0.244 e. The van der Waals surface area contributed by atoms with Gasteiger partial charge in [-0.1, -0.05) is 42.8 Å². The van der Waals surface area contributed by atoms with E-state index in [1.165, 1.54) is 12.0 Å². The normalized spacial score (nSPS) is 12.0. The zero-order chi connectivity index (χ0) is 24.6. The summed E-state index contributed by atoms with van der Waals surface area (Å²) in [5, 5.41) is 2.78. The summed E-state index contributed by atoms with van der Waals surface area (Å²) < 4.78 is 31.4. The molecule has 2 aromatic rings. The number of nitrogens with one attached hydrogen (secondary N) is 1. The minimum Gasteiger partial charge on any atom is -0.497 e. The lowest BCUT2D eigenvalue weighted by molar-refractivity contribution is -0.140. The van der Waals surface area contributed by atoms with E-state index in [9.17, 15) is 18.0 Å². The van der Waals surface area contributed by atoms with Crippen LogP contribution in [0, 0.1) is 6.92 Å². The van der Waals surface area contributed by atoms with Crippen LogP contribution in [0.5, 0.6) is 5.75 Å². The fourth-order valence-electron chi connectivity index (χ4n) is 3.48. The van der Waals surface area contributed by atoms with Crippen LogP contribution in [0.4, 0.5) is 5.69 Å². The van der Waals surface area contributed by atoms with Gasteiger partial charge in [0.25, 0.3) is 0 Å². The number of ether oxygens (including phenoxy) is 1. The first-order valence-electron chi connectivity index (χ1n) is 10.8. The molecule has 33 heavy (non-hydrogen) atoms. The molecule has 180 valence electrons. The van der Waals surface area contributed by atoms with Gasteiger partial charge in [0.05, 0.1) is 19.1 Å². The maximum absolute atomic E-state index is 13.5. The van der Waals surface area contributed by atoms with Gasteiger partial charge < -0.3 is 15.0 Å². The number of rotatable bonds is 11. The Bertz CT molecular complexity index is 1050. The molecular formula is C24H33N3O5S. The third-order valence-corrected chi connectivity index (χ3v) is 6.37. The van der Waals surface area contributed by atoms with Crippen LogP contribution in [-0.4, -0.2) is 57.6 Å². The van der Waals surface area contributed by atoms with E-state index < -0.39 is 28.5 Å². The Morgan fingerprint density at radius 3 is 2.30 bits per heavy atom. The van der Waals surface area contributed by atoms with E-state index in [1.54, 1.807) is 24.3 Å². The van der Waals surface area contributed by atoms with Crippen LogP contribution < -0.4 is 14.4 Å². The largest absolute Gasteiger partial charge is 0.497 e. The van der Waals surface area contributed by atoms with Crippen LogP contribution in [0.2, 0.25) is 0 Å². The average molecular weight is 476 g/mol. The van der Waals surface area contributed by atoms with E-state index in [0.717, 1.165) is 21.7 Å². The molecule has 9 heteroatoms. The van der Waals surface area contributed by atoms with Gasteiger partial charge in [-0.15, -0.1) is 0 Å². The van der Waals surface area contributed by atoms with Crippen molar-refractivity contribution in [1.82, 2.24) is 10.2 Å². The minimum atomic E-state index is -3.78. The van der Waals surface area contributed by atoms with Gasteiger partial charge in [-0.2, -0.15) is 0 Å². The third-order valence-electron chi connectivity index (χ3n) is 5.23. The van der Waals surface area contributed by atoms with Crippen molar-refractivity contribution in [2.24, 2.45) is 0 Å². The van der Waals surface area contributed by atoms with Crippen LogP contribution >= 0.6 is 0 Å². The summed E-state index contributed by atoms with van der Waals surface area (Å²) in [4.78, 5) is 27.7.